The van der Waals surface area contributed by atoms with Gasteiger partial charge in [0.25, 0.3) is 5.91 Å². The molecule has 204 valence electrons. The second kappa shape index (κ2) is 14.9. The molecule has 1 aromatic rings. The van der Waals surface area contributed by atoms with Crippen LogP contribution in [0.1, 0.15) is 31.2 Å². The summed E-state index contributed by atoms with van der Waals surface area (Å²) in [6, 6.07) is 10.3. The van der Waals surface area contributed by atoms with Crippen molar-refractivity contribution < 1.29 is 23.2 Å². The van der Waals surface area contributed by atoms with Gasteiger partial charge in [0.2, 0.25) is 10.0 Å². The SMILES string of the molecule is COCCN1CCC(C(=O)NO)(S(=O)(=O)N2CCN(c3ccc(CCCC#N)cc3)CC2)CC1.Cl.Cl. The van der Waals surface area contributed by atoms with Gasteiger partial charge in [-0.1, -0.05) is 12.1 Å². The van der Waals surface area contributed by atoms with E-state index in [1.807, 2.05) is 24.3 Å². The van der Waals surface area contributed by atoms with Gasteiger partial charge in [0, 0.05) is 65.0 Å². The molecule has 2 saturated heterocycles. The van der Waals surface area contributed by atoms with Crippen LogP contribution in [-0.4, -0.2) is 93.0 Å². The predicted molar refractivity (Wildman–Crippen MR) is 142 cm³/mol. The van der Waals surface area contributed by atoms with Gasteiger partial charge >= 0.3 is 0 Å². The van der Waals surface area contributed by atoms with Crippen molar-refractivity contribution in [2.24, 2.45) is 0 Å². The van der Waals surface area contributed by atoms with Gasteiger partial charge in [0.1, 0.15) is 0 Å². The number of likely N-dealkylation sites (tertiary alicyclic amines) is 1. The van der Waals surface area contributed by atoms with Crippen molar-refractivity contribution in [3.63, 3.8) is 0 Å². The number of piperazine rings is 1. The molecule has 0 aromatic heterocycles. The van der Waals surface area contributed by atoms with E-state index in [2.05, 4.69) is 15.9 Å². The highest BCUT2D eigenvalue weighted by atomic mass is 35.5. The second-order valence-corrected chi connectivity index (χ2v) is 11.1. The predicted octanol–water partition coefficient (Wildman–Crippen LogP) is 1.81. The average Bonchev–Trinajstić information content (AvgIpc) is 2.88. The lowest BCUT2D eigenvalue weighted by Gasteiger charge is -2.44. The third-order valence-corrected chi connectivity index (χ3v) is 9.54. The first kappa shape index (κ1) is 32.4. The normalized spacial score (nSPS) is 18.4. The highest BCUT2D eigenvalue weighted by Gasteiger charge is 2.55. The van der Waals surface area contributed by atoms with Crippen molar-refractivity contribution >= 4 is 46.4 Å². The number of piperidine rings is 1. The number of carbonyl (C=O) groups excluding carboxylic acids is 1. The number of carbonyl (C=O) groups is 1. The largest absolute Gasteiger partial charge is 0.383 e. The summed E-state index contributed by atoms with van der Waals surface area (Å²) in [5.41, 5.74) is 3.82. The maximum atomic E-state index is 13.7. The van der Waals surface area contributed by atoms with E-state index in [0.717, 1.165) is 18.5 Å². The fourth-order valence-corrected chi connectivity index (χ4v) is 6.86. The summed E-state index contributed by atoms with van der Waals surface area (Å²) in [7, 11) is -2.36. The van der Waals surface area contributed by atoms with E-state index in [1.165, 1.54) is 9.87 Å². The number of amides is 1. The van der Waals surface area contributed by atoms with Gasteiger partial charge in [-0.15, -0.1) is 24.8 Å². The number of ether oxygens (including phenoxy) is 1. The Hall–Kier alpha value is -1.65. The quantitative estimate of drug-likeness (QED) is 0.250. The van der Waals surface area contributed by atoms with E-state index < -0.39 is 20.7 Å². The van der Waals surface area contributed by atoms with Crippen LogP contribution in [0.25, 0.3) is 0 Å². The zero-order chi connectivity index (χ0) is 24.6. The maximum Gasteiger partial charge on any atom is 0.266 e. The zero-order valence-electron chi connectivity index (χ0n) is 20.6. The van der Waals surface area contributed by atoms with E-state index in [0.29, 0.717) is 45.8 Å². The molecular formula is C23H37Cl2N5O5S. The monoisotopic (exact) mass is 565 g/mol. The van der Waals surface area contributed by atoms with Gasteiger partial charge < -0.3 is 14.5 Å². The topological polar surface area (TPSA) is 126 Å². The number of benzene rings is 1. The van der Waals surface area contributed by atoms with Crippen molar-refractivity contribution in [3.05, 3.63) is 29.8 Å². The molecule has 0 spiro atoms. The highest BCUT2D eigenvalue weighted by Crippen LogP contribution is 2.34. The molecule has 10 nitrogen and oxygen atoms in total. The fourth-order valence-electron chi connectivity index (χ4n) is 4.74. The van der Waals surface area contributed by atoms with Crippen LogP contribution in [0.4, 0.5) is 5.69 Å². The molecule has 2 aliphatic rings. The van der Waals surface area contributed by atoms with E-state index in [4.69, 9.17) is 10.00 Å². The first-order valence-corrected chi connectivity index (χ1v) is 13.2. The molecule has 2 aliphatic heterocycles. The summed E-state index contributed by atoms with van der Waals surface area (Å²) < 4.78 is 32.2. The highest BCUT2D eigenvalue weighted by molar-refractivity contribution is 7.91. The molecule has 36 heavy (non-hydrogen) atoms. The first-order valence-electron chi connectivity index (χ1n) is 11.7. The van der Waals surface area contributed by atoms with Crippen LogP contribution >= 0.6 is 24.8 Å². The van der Waals surface area contributed by atoms with E-state index >= 15 is 0 Å². The number of hydroxylamine groups is 1. The Morgan fingerprint density at radius 3 is 2.25 bits per heavy atom. The molecule has 1 amide bonds. The summed E-state index contributed by atoms with van der Waals surface area (Å²) in [5.74, 6) is -0.853. The number of hydrogen-bond donors (Lipinski definition) is 2. The molecule has 0 radical (unpaired) electrons. The van der Waals surface area contributed by atoms with Crippen LogP contribution < -0.4 is 10.4 Å². The van der Waals surface area contributed by atoms with Crippen molar-refractivity contribution in [2.45, 2.75) is 36.9 Å². The summed E-state index contributed by atoms with van der Waals surface area (Å²) >= 11 is 0. The Balaban J connectivity index is 0.00000324. The summed E-state index contributed by atoms with van der Waals surface area (Å²) in [6.07, 6.45) is 2.48. The van der Waals surface area contributed by atoms with Gasteiger partial charge in [0.05, 0.1) is 12.7 Å². The first-order chi connectivity index (χ1) is 16.4. The molecule has 0 unspecified atom stereocenters. The number of anilines is 1. The minimum absolute atomic E-state index is 0. The third-order valence-electron chi connectivity index (χ3n) is 6.92. The van der Waals surface area contributed by atoms with Gasteiger partial charge in [0.15, 0.2) is 4.75 Å². The number of rotatable bonds is 10. The lowest BCUT2D eigenvalue weighted by atomic mass is 9.95. The Morgan fingerprint density at radius 2 is 1.72 bits per heavy atom. The number of nitrogens with one attached hydrogen (secondary N) is 1. The number of halogens is 2. The van der Waals surface area contributed by atoms with Crippen LogP contribution in [0, 0.1) is 11.3 Å². The van der Waals surface area contributed by atoms with Crippen molar-refractivity contribution in [1.29, 1.82) is 5.26 Å². The number of sulfonamides is 1. The summed E-state index contributed by atoms with van der Waals surface area (Å²) in [4.78, 5) is 16.9. The number of methoxy groups -OCH3 is 1. The lowest BCUT2D eigenvalue weighted by Crippen LogP contribution is -2.63. The van der Waals surface area contributed by atoms with Crippen LogP contribution in [0.2, 0.25) is 0 Å². The Bertz CT molecular complexity index is 958. The average molecular weight is 567 g/mol. The molecule has 0 bridgehead atoms. The summed E-state index contributed by atoms with van der Waals surface area (Å²) in [5, 5.41) is 18.0. The van der Waals surface area contributed by atoms with Gasteiger partial charge in [-0.25, -0.2) is 13.9 Å². The fraction of sp³-hybridized carbons (Fsp3) is 0.652. The van der Waals surface area contributed by atoms with Crippen molar-refractivity contribution in [1.82, 2.24) is 14.7 Å². The molecule has 2 fully saturated rings. The number of unbranched alkanes of at least 4 members (excludes halogenated alkanes) is 1. The minimum Gasteiger partial charge on any atom is -0.383 e. The molecule has 13 heteroatoms. The number of aryl methyl sites for hydroxylation is 1. The molecular weight excluding hydrogens is 529 g/mol. The molecule has 2 heterocycles. The van der Waals surface area contributed by atoms with E-state index in [1.54, 1.807) is 12.6 Å². The van der Waals surface area contributed by atoms with Crippen LogP contribution in [0.5, 0.6) is 0 Å². The smallest absolute Gasteiger partial charge is 0.266 e. The molecule has 3 rings (SSSR count). The number of hydrogen-bond acceptors (Lipinski definition) is 8. The molecule has 0 atom stereocenters. The van der Waals surface area contributed by atoms with Gasteiger partial charge in [-0.2, -0.15) is 9.57 Å². The number of nitrogens with zero attached hydrogens (tertiary/aromatic N) is 4. The molecule has 0 saturated carbocycles. The van der Waals surface area contributed by atoms with Crippen molar-refractivity contribution in [2.75, 3.05) is 64.4 Å². The lowest BCUT2D eigenvalue weighted by molar-refractivity contribution is -0.133. The molecule has 0 aliphatic carbocycles. The van der Waals surface area contributed by atoms with E-state index in [9.17, 15) is 18.4 Å². The van der Waals surface area contributed by atoms with Crippen LogP contribution in [0.15, 0.2) is 24.3 Å². The van der Waals surface area contributed by atoms with Gasteiger partial charge in [-0.05, 0) is 43.4 Å². The van der Waals surface area contributed by atoms with E-state index in [-0.39, 0.29) is 50.7 Å². The Labute approximate surface area is 226 Å². The summed E-state index contributed by atoms with van der Waals surface area (Å²) in [6.45, 7) is 3.68. The third kappa shape index (κ3) is 7.22. The number of nitriles is 1. The Kier molecular flexibility index (Phi) is 13.4. The van der Waals surface area contributed by atoms with Crippen LogP contribution in [0.3, 0.4) is 0 Å². The zero-order valence-corrected chi connectivity index (χ0v) is 23.0. The minimum atomic E-state index is -3.98. The van der Waals surface area contributed by atoms with Crippen molar-refractivity contribution in [3.8, 4) is 6.07 Å². The maximum absolute atomic E-state index is 13.7. The standard InChI is InChI=1S/C23H35N5O5S.2ClH/c1-33-19-18-26-12-9-23(10-13-26,22(29)25-30)34(31,32)28-16-14-27(15-17-28)21-7-5-20(6-8-21)4-2-3-11-24;;/h5-8,30H,2-4,9-10,12-19H2,1H3,(H,25,29);2*1H. The van der Waals surface area contributed by atoms with Crippen LogP contribution in [-0.2, 0) is 26.0 Å². The second-order valence-electron chi connectivity index (χ2n) is 8.84. The molecule has 1 aromatic carbocycles. The van der Waals surface area contributed by atoms with Gasteiger partial charge in [-0.3, -0.25) is 10.0 Å². The Morgan fingerprint density at radius 1 is 1.11 bits per heavy atom. The molecule has 2 N–H and O–H groups in total.